The number of nitrogens with zero attached hydrogens (tertiary/aromatic N) is 3. The topological polar surface area (TPSA) is 59.4 Å². The number of aromatic nitrogens is 2. The maximum Gasteiger partial charge on any atom is 0.317 e. The molecule has 1 heterocycles. The van der Waals surface area contributed by atoms with E-state index in [0.717, 1.165) is 22.5 Å². The van der Waals surface area contributed by atoms with E-state index in [2.05, 4.69) is 5.32 Å². The number of carbonyl (C=O) groups excluding carboxylic acids is 1. The minimum atomic E-state index is -0.146. The molecular weight excluding hydrogens is 448 g/mol. The molecule has 1 N–H and O–H groups in total. The molecule has 0 saturated heterocycles. The maximum absolute atomic E-state index is 13.0. The average molecular weight is 475 g/mol. The predicted octanol–water partition coefficient (Wildman–Crippen LogP) is 6.36. The molecule has 0 aliphatic rings. The van der Waals surface area contributed by atoms with Crippen LogP contribution >= 0.6 is 11.6 Å². The highest BCUT2D eigenvalue weighted by molar-refractivity contribution is 6.30. The smallest absolute Gasteiger partial charge is 0.317 e. The Morgan fingerprint density at radius 1 is 1.00 bits per heavy atom. The number of nitrogens with one attached hydrogen (secondary N) is 1. The van der Waals surface area contributed by atoms with Crippen LogP contribution in [0.1, 0.15) is 23.7 Å². The number of benzene rings is 3. The lowest BCUT2D eigenvalue weighted by molar-refractivity contribution is 0.192. The Kier molecular flexibility index (Phi) is 7.50. The third-order valence-corrected chi connectivity index (χ3v) is 5.56. The Morgan fingerprint density at radius 2 is 1.71 bits per heavy atom. The van der Waals surface area contributed by atoms with Gasteiger partial charge < -0.3 is 15.0 Å². The predicted molar refractivity (Wildman–Crippen MR) is 135 cm³/mol. The number of hydrogen-bond acceptors (Lipinski definition) is 3. The maximum atomic E-state index is 13.0. The molecule has 4 rings (SSSR count). The van der Waals surface area contributed by atoms with Gasteiger partial charge in [-0.1, -0.05) is 66.2 Å². The van der Waals surface area contributed by atoms with Crippen molar-refractivity contribution in [2.24, 2.45) is 0 Å². The van der Waals surface area contributed by atoms with E-state index in [9.17, 15) is 4.79 Å². The first kappa shape index (κ1) is 23.4. The number of hydrogen-bond donors (Lipinski definition) is 1. The van der Waals surface area contributed by atoms with Gasteiger partial charge >= 0.3 is 6.03 Å². The van der Waals surface area contributed by atoms with Gasteiger partial charge in [-0.15, -0.1) is 0 Å². The summed E-state index contributed by atoms with van der Waals surface area (Å²) in [6, 6.07) is 26.8. The molecule has 2 amide bonds. The van der Waals surface area contributed by atoms with Crippen LogP contribution in [0.2, 0.25) is 5.02 Å². The number of para-hydroxylation sites is 1. The third-order valence-electron chi connectivity index (χ3n) is 5.33. The summed E-state index contributed by atoms with van der Waals surface area (Å²) in [6.45, 7) is 5.16. The number of rotatable bonds is 8. The van der Waals surface area contributed by atoms with Crippen molar-refractivity contribution in [1.82, 2.24) is 20.0 Å². The highest BCUT2D eigenvalue weighted by Crippen LogP contribution is 2.32. The van der Waals surface area contributed by atoms with Crippen molar-refractivity contribution < 1.29 is 9.53 Å². The number of halogens is 1. The zero-order chi connectivity index (χ0) is 23.9. The van der Waals surface area contributed by atoms with Crippen LogP contribution in [0.25, 0.3) is 5.69 Å². The van der Waals surface area contributed by atoms with Gasteiger partial charge in [0, 0.05) is 18.1 Å². The molecule has 0 fully saturated rings. The molecule has 0 atom stereocenters. The van der Waals surface area contributed by atoms with Crippen LogP contribution in [0.4, 0.5) is 4.79 Å². The summed E-state index contributed by atoms with van der Waals surface area (Å²) in [5.41, 5.74) is 3.42. The summed E-state index contributed by atoms with van der Waals surface area (Å²) in [5.74, 6) is 1.23. The van der Waals surface area contributed by atoms with Crippen LogP contribution in [0.5, 0.6) is 11.6 Å². The summed E-state index contributed by atoms with van der Waals surface area (Å²) in [4.78, 5) is 14.8. The highest BCUT2D eigenvalue weighted by atomic mass is 35.5. The van der Waals surface area contributed by atoms with Gasteiger partial charge in [-0.2, -0.15) is 5.10 Å². The molecule has 3 aromatic carbocycles. The second kappa shape index (κ2) is 10.9. The molecule has 6 nitrogen and oxygen atoms in total. The molecule has 174 valence electrons. The fourth-order valence-corrected chi connectivity index (χ4v) is 3.85. The zero-order valence-corrected chi connectivity index (χ0v) is 20.0. The van der Waals surface area contributed by atoms with E-state index in [-0.39, 0.29) is 6.03 Å². The van der Waals surface area contributed by atoms with Crippen molar-refractivity contribution in [3.63, 3.8) is 0 Å². The van der Waals surface area contributed by atoms with Crippen LogP contribution in [0.15, 0.2) is 84.9 Å². The van der Waals surface area contributed by atoms with E-state index in [4.69, 9.17) is 21.4 Å². The van der Waals surface area contributed by atoms with Crippen molar-refractivity contribution in [2.45, 2.75) is 26.9 Å². The van der Waals surface area contributed by atoms with Gasteiger partial charge in [0.2, 0.25) is 5.88 Å². The van der Waals surface area contributed by atoms with Crippen molar-refractivity contribution in [3.05, 3.63) is 107 Å². The van der Waals surface area contributed by atoms with Crippen LogP contribution in [-0.4, -0.2) is 27.3 Å². The first-order valence-electron chi connectivity index (χ1n) is 11.2. The van der Waals surface area contributed by atoms with E-state index in [1.807, 2.05) is 98.8 Å². The van der Waals surface area contributed by atoms with Crippen molar-refractivity contribution in [3.8, 4) is 17.3 Å². The molecule has 0 unspecified atom stereocenters. The SMILES string of the molecule is CCNC(=O)N(Cc1ccccc1)Cc1c(C)nn(-c2cccc(Cl)c2)c1Oc1ccccc1. The zero-order valence-electron chi connectivity index (χ0n) is 19.2. The Hall–Kier alpha value is -3.77. The van der Waals surface area contributed by atoms with Gasteiger partial charge in [0.25, 0.3) is 0 Å². The Balaban J connectivity index is 1.76. The third kappa shape index (κ3) is 5.58. The van der Waals surface area contributed by atoms with Crippen molar-refractivity contribution in [1.29, 1.82) is 0 Å². The lowest BCUT2D eigenvalue weighted by atomic mass is 10.2. The Labute approximate surface area is 204 Å². The molecule has 0 bridgehead atoms. The number of aryl methyl sites for hydroxylation is 1. The van der Waals surface area contributed by atoms with Crippen molar-refractivity contribution in [2.75, 3.05) is 6.54 Å². The lowest BCUT2D eigenvalue weighted by Crippen LogP contribution is -2.39. The Bertz CT molecular complexity index is 1240. The fraction of sp³-hybridized carbons (Fsp3) is 0.185. The first-order chi connectivity index (χ1) is 16.5. The molecule has 34 heavy (non-hydrogen) atoms. The monoisotopic (exact) mass is 474 g/mol. The minimum Gasteiger partial charge on any atom is -0.439 e. The van der Waals surface area contributed by atoms with Crippen LogP contribution < -0.4 is 10.1 Å². The second-order valence-electron chi connectivity index (χ2n) is 7.85. The van der Waals surface area contributed by atoms with E-state index < -0.39 is 0 Å². The van der Waals surface area contributed by atoms with E-state index in [1.54, 1.807) is 9.58 Å². The fourth-order valence-electron chi connectivity index (χ4n) is 3.67. The molecule has 0 aliphatic carbocycles. The van der Waals surface area contributed by atoms with Gasteiger partial charge in [0.1, 0.15) is 5.75 Å². The number of amides is 2. The van der Waals surface area contributed by atoms with Crippen LogP contribution in [0, 0.1) is 6.92 Å². The number of ether oxygens (including phenoxy) is 1. The second-order valence-corrected chi connectivity index (χ2v) is 8.29. The van der Waals surface area contributed by atoms with E-state index in [1.165, 1.54) is 0 Å². The number of urea groups is 1. The number of carbonyl (C=O) groups is 1. The van der Waals surface area contributed by atoms with Gasteiger partial charge in [0.15, 0.2) is 0 Å². The molecule has 0 radical (unpaired) electrons. The first-order valence-corrected chi connectivity index (χ1v) is 11.6. The highest BCUT2D eigenvalue weighted by Gasteiger charge is 2.24. The summed E-state index contributed by atoms with van der Waals surface area (Å²) in [6.07, 6.45) is 0. The van der Waals surface area contributed by atoms with Crippen molar-refractivity contribution >= 4 is 17.6 Å². The van der Waals surface area contributed by atoms with Gasteiger partial charge in [0.05, 0.1) is 23.5 Å². The molecule has 1 aromatic heterocycles. The van der Waals surface area contributed by atoms with Gasteiger partial charge in [-0.05, 0) is 49.7 Å². The van der Waals surface area contributed by atoms with Crippen LogP contribution in [0.3, 0.4) is 0 Å². The van der Waals surface area contributed by atoms with E-state index >= 15 is 0 Å². The minimum absolute atomic E-state index is 0.146. The molecule has 4 aromatic rings. The summed E-state index contributed by atoms with van der Waals surface area (Å²) < 4.78 is 8.08. The summed E-state index contributed by atoms with van der Waals surface area (Å²) >= 11 is 6.26. The molecule has 0 saturated carbocycles. The summed E-state index contributed by atoms with van der Waals surface area (Å²) in [7, 11) is 0. The standard InChI is InChI=1S/C27H27ClN4O2/c1-3-29-27(33)31(18-21-11-6-4-7-12-21)19-25-20(2)30-32(23-14-10-13-22(28)17-23)26(25)34-24-15-8-5-9-16-24/h4-17H,3,18-19H2,1-2H3,(H,29,33). The molecule has 0 spiro atoms. The normalized spacial score (nSPS) is 10.7. The van der Waals surface area contributed by atoms with E-state index in [0.29, 0.717) is 36.3 Å². The lowest BCUT2D eigenvalue weighted by Gasteiger charge is -2.23. The molecular formula is C27H27ClN4O2. The summed E-state index contributed by atoms with van der Waals surface area (Å²) in [5, 5.41) is 8.28. The Morgan fingerprint density at radius 3 is 2.38 bits per heavy atom. The van der Waals surface area contributed by atoms with Crippen LogP contribution in [-0.2, 0) is 13.1 Å². The quantitative estimate of drug-likeness (QED) is 0.323. The largest absolute Gasteiger partial charge is 0.439 e. The van der Waals surface area contributed by atoms with Gasteiger partial charge in [-0.25, -0.2) is 9.48 Å². The average Bonchev–Trinajstić information content (AvgIpc) is 3.15. The molecule has 7 heteroatoms. The molecule has 0 aliphatic heterocycles. The van der Waals surface area contributed by atoms with Gasteiger partial charge in [-0.3, -0.25) is 0 Å².